The number of nitrogen functional groups attached to an aromatic ring is 1. The van der Waals surface area contributed by atoms with Gasteiger partial charge < -0.3 is 35.3 Å². The predicted molar refractivity (Wildman–Crippen MR) is 75.5 cm³/mol. The lowest BCUT2D eigenvalue weighted by atomic mass is 10.1. The number of hydrogen-bond acceptors (Lipinski definition) is 7. The van der Waals surface area contributed by atoms with Crippen LogP contribution in [0, 0.1) is 0 Å². The van der Waals surface area contributed by atoms with Crippen molar-refractivity contribution >= 4 is 17.8 Å². The molecular formula is C14H15NO8. The van der Waals surface area contributed by atoms with E-state index < -0.39 is 30.3 Å². The van der Waals surface area contributed by atoms with Gasteiger partial charge in [-0.25, -0.2) is 9.59 Å². The van der Waals surface area contributed by atoms with Crippen molar-refractivity contribution < 1.29 is 39.1 Å². The fourth-order valence-corrected chi connectivity index (χ4v) is 1.94. The Kier molecular flexibility index (Phi) is 4.91. The second-order valence-corrected chi connectivity index (χ2v) is 4.73. The summed E-state index contributed by atoms with van der Waals surface area (Å²) < 4.78 is 15.0. The summed E-state index contributed by atoms with van der Waals surface area (Å²) in [5.74, 6) is -1.50. The molecule has 1 heterocycles. The molecule has 0 spiro atoms. The van der Waals surface area contributed by atoms with E-state index in [0.717, 1.165) is 6.08 Å². The number of nitrogens with two attached hydrogens (primary N) is 1. The Morgan fingerprint density at radius 1 is 1.35 bits per heavy atom. The first-order valence-corrected chi connectivity index (χ1v) is 6.55. The Morgan fingerprint density at radius 3 is 2.70 bits per heavy atom. The molecule has 0 radical (unpaired) electrons. The lowest BCUT2D eigenvalue weighted by Gasteiger charge is -2.26. The maximum absolute atomic E-state index is 10.9. The molecule has 1 aromatic carbocycles. The van der Waals surface area contributed by atoms with Gasteiger partial charge in [-0.05, 0) is 23.8 Å². The van der Waals surface area contributed by atoms with Crippen molar-refractivity contribution in [2.24, 2.45) is 0 Å². The number of aliphatic carboxylic acids is 1. The molecule has 0 saturated heterocycles. The second kappa shape index (κ2) is 6.88. The van der Waals surface area contributed by atoms with Crippen molar-refractivity contribution in [3.8, 4) is 5.75 Å². The number of carboxylic acids is 1. The van der Waals surface area contributed by atoms with E-state index >= 15 is 0 Å². The number of anilines is 1. The molecule has 9 nitrogen and oxygen atoms in total. The number of rotatable bonds is 5. The van der Waals surface area contributed by atoms with Gasteiger partial charge in [0.25, 0.3) is 0 Å². The van der Waals surface area contributed by atoms with Crippen LogP contribution in [0.3, 0.4) is 0 Å². The van der Waals surface area contributed by atoms with E-state index in [1.165, 1.54) is 12.1 Å². The molecule has 0 amide bonds. The second-order valence-electron chi connectivity index (χ2n) is 4.73. The van der Waals surface area contributed by atoms with E-state index in [-0.39, 0.29) is 24.5 Å². The summed E-state index contributed by atoms with van der Waals surface area (Å²) in [5, 5.41) is 26.9. The first kappa shape index (κ1) is 16.4. The molecule has 5 N–H and O–H groups in total. The van der Waals surface area contributed by atoms with Gasteiger partial charge in [0.1, 0.15) is 12.4 Å². The maximum atomic E-state index is 10.9. The standard InChI is InChI=1S/C14H15NO8/c15-9-3-7(6-21-14(19)20)1-2-10(9)22-12-5-8(16)4-11(23-12)13(17)18/h1-4,8,12,16H,5-6,15H2,(H,17,18)(H,19,20). The SMILES string of the molecule is Nc1cc(COC(=O)O)ccc1OC1CC(O)C=C(C(=O)O)O1. The third-order valence-electron chi connectivity index (χ3n) is 2.94. The molecular weight excluding hydrogens is 310 g/mol. The molecule has 2 rings (SSSR count). The Hall–Kier alpha value is -2.94. The minimum absolute atomic E-state index is 0.0418. The highest BCUT2D eigenvalue weighted by molar-refractivity contribution is 5.84. The van der Waals surface area contributed by atoms with E-state index in [4.69, 9.17) is 25.4 Å². The Morgan fingerprint density at radius 2 is 2.09 bits per heavy atom. The van der Waals surface area contributed by atoms with Gasteiger partial charge in [-0.2, -0.15) is 0 Å². The smallest absolute Gasteiger partial charge is 0.475 e. The van der Waals surface area contributed by atoms with Crippen LogP contribution in [-0.4, -0.2) is 39.8 Å². The number of aliphatic hydroxyl groups excluding tert-OH is 1. The zero-order valence-electron chi connectivity index (χ0n) is 11.8. The molecule has 0 aliphatic carbocycles. The van der Waals surface area contributed by atoms with Crippen molar-refractivity contribution in [1.82, 2.24) is 0 Å². The topological polar surface area (TPSA) is 149 Å². The molecule has 124 valence electrons. The van der Waals surface area contributed by atoms with Crippen molar-refractivity contribution in [3.05, 3.63) is 35.6 Å². The molecule has 2 unspecified atom stereocenters. The van der Waals surface area contributed by atoms with Crippen LogP contribution in [0.2, 0.25) is 0 Å². The summed E-state index contributed by atoms with van der Waals surface area (Å²) in [4.78, 5) is 21.2. The molecule has 0 aromatic heterocycles. The lowest BCUT2D eigenvalue weighted by molar-refractivity contribution is -0.146. The van der Waals surface area contributed by atoms with Crippen LogP contribution in [0.15, 0.2) is 30.0 Å². The van der Waals surface area contributed by atoms with Crippen LogP contribution >= 0.6 is 0 Å². The first-order valence-electron chi connectivity index (χ1n) is 6.55. The van der Waals surface area contributed by atoms with Crippen molar-refractivity contribution in [2.75, 3.05) is 5.73 Å². The number of ether oxygens (including phenoxy) is 3. The average Bonchev–Trinajstić information content (AvgIpc) is 2.47. The summed E-state index contributed by atoms with van der Waals surface area (Å²) in [6.07, 6.45) is -2.30. The molecule has 0 fully saturated rings. The molecule has 1 aliphatic rings. The van der Waals surface area contributed by atoms with Gasteiger partial charge in [0.05, 0.1) is 18.2 Å². The van der Waals surface area contributed by atoms with Gasteiger partial charge in [-0.3, -0.25) is 0 Å². The van der Waals surface area contributed by atoms with Crippen LogP contribution in [0.5, 0.6) is 5.75 Å². The monoisotopic (exact) mass is 325 g/mol. The Bertz CT molecular complexity index is 642. The summed E-state index contributed by atoms with van der Waals surface area (Å²) >= 11 is 0. The normalized spacial score (nSPS) is 20.1. The fourth-order valence-electron chi connectivity index (χ4n) is 1.94. The average molecular weight is 325 g/mol. The highest BCUT2D eigenvalue weighted by Crippen LogP contribution is 2.27. The van der Waals surface area contributed by atoms with E-state index in [0.29, 0.717) is 5.56 Å². The highest BCUT2D eigenvalue weighted by Gasteiger charge is 2.27. The molecule has 0 saturated carbocycles. The van der Waals surface area contributed by atoms with Crippen LogP contribution < -0.4 is 10.5 Å². The van der Waals surface area contributed by atoms with Crippen molar-refractivity contribution in [1.29, 1.82) is 0 Å². The first-order chi connectivity index (χ1) is 10.8. The molecule has 2 atom stereocenters. The van der Waals surface area contributed by atoms with Crippen LogP contribution in [0.1, 0.15) is 12.0 Å². The quantitative estimate of drug-likeness (QED) is 0.458. The molecule has 23 heavy (non-hydrogen) atoms. The Labute approximate surface area is 130 Å². The molecule has 1 aliphatic heterocycles. The van der Waals surface area contributed by atoms with E-state index in [9.17, 15) is 14.7 Å². The zero-order valence-corrected chi connectivity index (χ0v) is 11.8. The van der Waals surface area contributed by atoms with Gasteiger partial charge in [0.15, 0.2) is 0 Å². The number of aliphatic hydroxyl groups is 1. The number of carbonyl (C=O) groups is 2. The van der Waals surface area contributed by atoms with Gasteiger partial charge in [0, 0.05) is 0 Å². The van der Waals surface area contributed by atoms with Crippen molar-refractivity contribution in [2.45, 2.75) is 25.4 Å². The van der Waals surface area contributed by atoms with Crippen LogP contribution in [-0.2, 0) is 20.9 Å². The minimum atomic E-state index is -1.40. The third-order valence-corrected chi connectivity index (χ3v) is 2.94. The van der Waals surface area contributed by atoms with Gasteiger partial charge in [-0.15, -0.1) is 0 Å². The maximum Gasteiger partial charge on any atom is 0.506 e. The molecule has 1 aromatic rings. The number of benzene rings is 1. The summed E-state index contributed by atoms with van der Waals surface area (Å²) in [6.45, 7) is -0.162. The highest BCUT2D eigenvalue weighted by atomic mass is 16.7. The van der Waals surface area contributed by atoms with Crippen LogP contribution in [0.25, 0.3) is 0 Å². The van der Waals surface area contributed by atoms with Gasteiger partial charge in [-0.1, -0.05) is 6.07 Å². The molecule has 9 heteroatoms. The van der Waals surface area contributed by atoms with E-state index in [1.807, 2.05) is 0 Å². The lowest BCUT2D eigenvalue weighted by Crippen LogP contribution is -2.32. The van der Waals surface area contributed by atoms with Crippen LogP contribution in [0.4, 0.5) is 10.5 Å². The summed E-state index contributed by atoms with van der Waals surface area (Å²) in [7, 11) is 0. The summed E-state index contributed by atoms with van der Waals surface area (Å²) in [5.41, 5.74) is 6.51. The molecule has 0 bridgehead atoms. The van der Waals surface area contributed by atoms with Gasteiger partial charge >= 0.3 is 12.1 Å². The number of carboxylic acid groups (broad SMARTS) is 2. The summed E-state index contributed by atoms with van der Waals surface area (Å²) in [6, 6.07) is 4.48. The number of hydrogen-bond donors (Lipinski definition) is 4. The largest absolute Gasteiger partial charge is 0.506 e. The Balaban J connectivity index is 2.04. The van der Waals surface area contributed by atoms with Gasteiger partial charge in [0.2, 0.25) is 12.0 Å². The van der Waals surface area contributed by atoms with E-state index in [2.05, 4.69) is 4.74 Å². The van der Waals surface area contributed by atoms with E-state index in [1.54, 1.807) is 6.07 Å². The fraction of sp³-hybridized carbons (Fsp3) is 0.286. The predicted octanol–water partition coefficient (Wildman–Crippen LogP) is 0.918. The minimum Gasteiger partial charge on any atom is -0.475 e. The third kappa shape index (κ3) is 4.51. The zero-order chi connectivity index (χ0) is 17.0. The van der Waals surface area contributed by atoms with Crippen molar-refractivity contribution in [3.63, 3.8) is 0 Å².